The molecule has 3 aromatic rings. The molecular weight excluding hydrogens is 322 g/mol. The van der Waals surface area contributed by atoms with Crippen LogP contribution in [-0.2, 0) is 24.2 Å². The van der Waals surface area contributed by atoms with E-state index in [4.69, 9.17) is 15.6 Å². The molecule has 0 atom stereocenters. The van der Waals surface area contributed by atoms with Crippen LogP contribution in [0.3, 0.4) is 0 Å². The van der Waals surface area contributed by atoms with E-state index < -0.39 is 0 Å². The SMILES string of the molecule is CCCc1nc2sc3c(NN)ncnc3c2c2c1COC(C)(C)C2. The highest BCUT2D eigenvalue weighted by atomic mass is 32.1. The fraction of sp³-hybridized carbons (Fsp3) is 0.471. The molecular formula is C17H21N5OS. The Morgan fingerprint density at radius 1 is 1.33 bits per heavy atom. The summed E-state index contributed by atoms with van der Waals surface area (Å²) >= 11 is 1.61. The van der Waals surface area contributed by atoms with Crippen molar-refractivity contribution in [3.05, 3.63) is 23.1 Å². The topological polar surface area (TPSA) is 86.0 Å². The van der Waals surface area contributed by atoms with Crippen LogP contribution in [-0.4, -0.2) is 20.6 Å². The third-order valence-corrected chi connectivity index (χ3v) is 5.62. The van der Waals surface area contributed by atoms with Crippen LogP contribution in [0.2, 0.25) is 0 Å². The predicted octanol–water partition coefficient (Wildman–Crippen LogP) is 3.33. The van der Waals surface area contributed by atoms with Gasteiger partial charge in [0.15, 0.2) is 5.82 Å². The van der Waals surface area contributed by atoms with Crippen LogP contribution < -0.4 is 11.3 Å². The van der Waals surface area contributed by atoms with Gasteiger partial charge in [-0.1, -0.05) is 13.3 Å². The van der Waals surface area contributed by atoms with E-state index in [-0.39, 0.29) is 5.60 Å². The molecule has 0 aliphatic carbocycles. The highest BCUT2D eigenvalue weighted by Gasteiger charge is 2.31. The third-order valence-electron chi connectivity index (χ3n) is 4.54. The Balaban J connectivity index is 2.09. The van der Waals surface area contributed by atoms with Gasteiger partial charge in [-0.2, -0.15) is 0 Å². The van der Waals surface area contributed by atoms with Gasteiger partial charge in [-0.25, -0.2) is 20.8 Å². The lowest BCUT2D eigenvalue weighted by Crippen LogP contribution is -2.32. The van der Waals surface area contributed by atoms with Crippen molar-refractivity contribution >= 4 is 37.6 Å². The molecule has 0 saturated heterocycles. The Bertz CT molecular complexity index is 934. The van der Waals surface area contributed by atoms with Gasteiger partial charge in [0.2, 0.25) is 0 Å². The molecule has 4 rings (SSSR count). The van der Waals surface area contributed by atoms with Crippen LogP contribution in [0.5, 0.6) is 0 Å². The van der Waals surface area contributed by atoms with Crippen molar-refractivity contribution in [1.29, 1.82) is 0 Å². The van der Waals surface area contributed by atoms with Gasteiger partial charge in [-0.05, 0) is 25.8 Å². The molecule has 3 aromatic heterocycles. The number of nitrogens with zero attached hydrogens (tertiary/aromatic N) is 3. The lowest BCUT2D eigenvalue weighted by atomic mass is 9.88. The molecule has 0 aromatic carbocycles. The average Bonchev–Trinajstić information content (AvgIpc) is 2.92. The molecule has 1 aliphatic heterocycles. The summed E-state index contributed by atoms with van der Waals surface area (Å²) < 4.78 is 7.02. The number of nitrogen functional groups attached to an aromatic ring is 1. The lowest BCUT2D eigenvalue weighted by molar-refractivity contribution is -0.0401. The number of thiophene rings is 1. The van der Waals surface area contributed by atoms with Crippen LogP contribution in [0.25, 0.3) is 20.4 Å². The van der Waals surface area contributed by atoms with Crippen LogP contribution in [0.4, 0.5) is 5.82 Å². The third kappa shape index (κ3) is 2.35. The Morgan fingerprint density at radius 2 is 2.17 bits per heavy atom. The van der Waals surface area contributed by atoms with Crippen molar-refractivity contribution < 1.29 is 4.74 Å². The molecule has 4 heterocycles. The van der Waals surface area contributed by atoms with Crippen molar-refractivity contribution in [2.75, 3.05) is 5.43 Å². The Morgan fingerprint density at radius 3 is 2.92 bits per heavy atom. The van der Waals surface area contributed by atoms with Gasteiger partial charge in [0.05, 0.1) is 22.4 Å². The van der Waals surface area contributed by atoms with E-state index in [1.165, 1.54) is 11.1 Å². The molecule has 0 unspecified atom stereocenters. The maximum atomic E-state index is 6.06. The highest BCUT2D eigenvalue weighted by Crippen LogP contribution is 2.42. The number of hydrogen-bond donors (Lipinski definition) is 2. The number of aromatic nitrogens is 3. The second-order valence-corrected chi connectivity index (χ2v) is 7.82. The number of anilines is 1. The van der Waals surface area contributed by atoms with Crippen LogP contribution in [0.15, 0.2) is 6.33 Å². The second kappa shape index (κ2) is 5.61. The number of rotatable bonds is 3. The zero-order chi connectivity index (χ0) is 16.9. The number of hydrogen-bond acceptors (Lipinski definition) is 7. The zero-order valence-corrected chi connectivity index (χ0v) is 15.0. The molecule has 0 saturated carbocycles. The van der Waals surface area contributed by atoms with E-state index in [1.54, 1.807) is 17.7 Å². The number of hydrazine groups is 1. The van der Waals surface area contributed by atoms with Gasteiger partial charge in [0.1, 0.15) is 11.2 Å². The van der Waals surface area contributed by atoms with Crippen molar-refractivity contribution in [2.45, 2.75) is 52.2 Å². The van der Waals surface area contributed by atoms with Crippen LogP contribution >= 0.6 is 11.3 Å². The first-order valence-electron chi connectivity index (χ1n) is 8.22. The van der Waals surface area contributed by atoms with E-state index in [0.717, 1.165) is 45.4 Å². The number of nitrogens with one attached hydrogen (secondary N) is 1. The van der Waals surface area contributed by atoms with Crippen molar-refractivity contribution in [1.82, 2.24) is 15.0 Å². The van der Waals surface area contributed by atoms with E-state index in [0.29, 0.717) is 12.4 Å². The molecule has 0 spiro atoms. The Hall–Kier alpha value is -1.83. The average molecular weight is 343 g/mol. The van der Waals surface area contributed by atoms with Crippen LogP contribution in [0, 0.1) is 0 Å². The van der Waals surface area contributed by atoms with E-state index >= 15 is 0 Å². The molecule has 0 fully saturated rings. The maximum Gasteiger partial charge on any atom is 0.161 e. The standard InChI is InChI=1S/C17H21N5OS/c1-4-5-11-10-7-23-17(2,3)6-9(10)12-13-14(24-16(12)21-11)15(22-18)20-8-19-13/h8H,4-7,18H2,1-3H3,(H,19,20,22). The molecule has 0 radical (unpaired) electrons. The maximum absolute atomic E-state index is 6.06. The molecule has 24 heavy (non-hydrogen) atoms. The molecule has 1 aliphatic rings. The quantitative estimate of drug-likeness (QED) is 0.560. The first-order chi connectivity index (χ1) is 11.5. The largest absolute Gasteiger partial charge is 0.370 e. The summed E-state index contributed by atoms with van der Waals surface area (Å²) in [4.78, 5) is 14.7. The second-order valence-electron chi connectivity index (χ2n) is 6.82. The smallest absolute Gasteiger partial charge is 0.161 e. The van der Waals surface area contributed by atoms with Crippen molar-refractivity contribution in [3.8, 4) is 0 Å². The van der Waals surface area contributed by atoms with Crippen molar-refractivity contribution in [2.24, 2.45) is 5.84 Å². The molecule has 3 N–H and O–H groups in total. The first-order valence-corrected chi connectivity index (χ1v) is 9.04. The molecule has 7 heteroatoms. The number of fused-ring (bicyclic) bond motifs is 5. The minimum Gasteiger partial charge on any atom is -0.370 e. The number of aryl methyl sites for hydroxylation is 1. The summed E-state index contributed by atoms with van der Waals surface area (Å²) in [5.41, 5.74) is 7.14. The number of pyridine rings is 1. The van der Waals surface area contributed by atoms with Gasteiger partial charge in [-0.15, -0.1) is 11.3 Å². The summed E-state index contributed by atoms with van der Waals surface area (Å²) in [7, 11) is 0. The van der Waals surface area contributed by atoms with Crippen molar-refractivity contribution in [3.63, 3.8) is 0 Å². The van der Waals surface area contributed by atoms with Gasteiger partial charge in [-0.3, -0.25) is 0 Å². The van der Waals surface area contributed by atoms with E-state index in [9.17, 15) is 0 Å². The summed E-state index contributed by atoms with van der Waals surface area (Å²) in [5, 5.41) is 1.14. The van der Waals surface area contributed by atoms with Gasteiger partial charge < -0.3 is 10.2 Å². The lowest BCUT2D eigenvalue weighted by Gasteiger charge is -2.33. The highest BCUT2D eigenvalue weighted by molar-refractivity contribution is 7.26. The summed E-state index contributed by atoms with van der Waals surface area (Å²) in [6.45, 7) is 7.07. The van der Waals surface area contributed by atoms with Crippen LogP contribution in [0.1, 0.15) is 44.0 Å². The first kappa shape index (κ1) is 15.7. The minimum atomic E-state index is -0.180. The minimum absolute atomic E-state index is 0.180. The van der Waals surface area contributed by atoms with Gasteiger partial charge in [0, 0.05) is 23.1 Å². The molecule has 126 valence electrons. The van der Waals surface area contributed by atoms with Gasteiger partial charge in [0.25, 0.3) is 0 Å². The number of ether oxygens (including phenoxy) is 1. The molecule has 0 bridgehead atoms. The number of nitrogens with two attached hydrogens (primary N) is 1. The zero-order valence-electron chi connectivity index (χ0n) is 14.1. The van der Waals surface area contributed by atoms with E-state index in [2.05, 4.69) is 36.2 Å². The fourth-order valence-electron chi connectivity index (χ4n) is 3.42. The summed E-state index contributed by atoms with van der Waals surface area (Å²) in [6.07, 6.45) is 4.44. The summed E-state index contributed by atoms with van der Waals surface area (Å²) in [6, 6.07) is 0. The Labute approximate surface area is 144 Å². The molecule has 0 amide bonds. The fourth-order valence-corrected chi connectivity index (χ4v) is 4.55. The van der Waals surface area contributed by atoms with Gasteiger partial charge >= 0.3 is 0 Å². The monoisotopic (exact) mass is 343 g/mol. The Kier molecular flexibility index (Phi) is 3.67. The predicted molar refractivity (Wildman–Crippen MR) is 97.1 cm³/mol. The van der Waals surface area contributed by atoms with E-state index in [1.807, 2.05) is 0 Å². The normalized spacial score (nSPS) is 16.5. The summed E-state index contributed by atoms with van der Waals surface area (Å²) in [5.74, 6) is 6.28. The molecule has 6 nitrogen and oxygen atoms in total.